The highest BCUT2D eigenvalue weighted by Crippen LogP contribution is 2.24. The van der Waals surface area contributed by atoms with E-state index in [9.17, 15) is 4.79 Å². The number of hydrogen-bond donors (Lipinski definition) is 1. The lowest BCUT2D eigenvalue weighted by Crippen LogP contribution is -2.45. The number of benzene rings is 2. The fraction of sp³-hybridized carbons (Fsp3) is 0.292. The van der Waals surface area contributed by atoms with Gasteiger partial charge < -0.3 is 10.2 Å². The topological polar surface area (TPSA) is 69.0 Å². The quantitative estimate of drug-likeness (QED) is 0.673. The average molecular weight is 417 g/mol. The molecule has 4 rings (SSSR count). The van der Waals surface area contributed by atoms with Crippen LogP contribution in [0.25, 0.3) is 10.6 Å². The number of carbonyl (C=O) groups excluding carboxylic acids is 1. The summed E-state index contributed by atoms with van der Waals surface area (Å²) in [5, 5.41) is 15.0. The van der Waals surface area contributed by atoms with Crippen LogP contribution in [0.4, 0.5) is 5.69 Å². The Balaban J connectivity index is 1.27. The van der Waals surface area contributed by atoms with Crippen LogP contribution in [-0.2, 0) is 11.2 Å². The second kappa shape index (κ2) is 9.10. The monoisotopic (exact) mass is 416 g/mol. The standard InChI is InChI=1S/C24H24N4OS/c1-17-2-6-19(7-3-17)24-27-21(16-30-24)14-23(29)26-20-10-12-28(13-11-20)22-8-4-18(15-25)5-9-22/h2-9,16,20H,10-14H2,1H3,(H,26,29). The molecule has 3 aromatic rings. The van der Waals surface area contributed by atoms with Crippen molar-refractivity contribution in [3.63, 3.8) is 0 Å². The zero-order valence-corrected chi connectivity index (χ0v) is 17.8. The SMILES string of the molecule is Cc1ccc(-c2nc(CC(=O)NC3CCN(c4ccc(C#N)cc4)CC3)cs2)cc1. The first-order valence-corrected chi connectivity index (χ1v) is 11.0. The van der Waals surface area contributed by atoms with E-state index in [2.05, 4.69) is 52.5 Å². The van der Waals surface area contributed by atoms with Gasteiger partial charge in [-0.2, -0.15) is 5.26 Å². The summed E-state index contributed by atoms with van der Waals surface area (Å²) >= 11 is 1.58. The summed E-state index contributed by atoms with van der Waals surface area (Å²) < 4.78 is 0. The number of piperidine rings is 1. The van der Waals surface area contributed by atoms with Crippen LogP contribution >= 0.6 is 11.3 Å². The Morgan fingerprint density at radius 1 is 1.17 bits per heavy atom. The molecule has 1 aromatic heterocycles. The van der Waals surface area contributed by atoms with Crippen molar-refractivity contribution in [2.45, 2.75) is 32.2 Å². The molecule has 0 aliphatic carbocycles. The number of aryl methyl sites for hydroxylation is 1. The molecule has 0 radical (unpaired) electrons. The number of carbonyl (C=O) groups is 1. The van der Waals surface area contributed by atoms with Gasteiger partial charge in [-0.25, -0.2) is 4.98 Å². The third kappa shape index (κ3) is 4.87. The second-order valence-corrected chi connectivity index (χ2v) is 8.53. The van der Waals surface area contributed by atoms with Gasteiger partial charge in [0, 0.05) is 35.8 Å². The van der Waals surface area contributed by atoms with Crippen molar-refractivity contribution in [2.24, 2.45) is 0 Å². The Kier molecular flexibility index (Phi) is 6.10. The Labute approximate surface area is 181 Å². The molecule has 1 N–H and O–H groups in total. The molecule has 5 nitrogen and oxygen atoms in total. The van der Waals surface area contributed by atoms with Crippen molar-refractivity contribution in [3.05, 3.63) is 70.7 Å². The highest BCUT2D eigenvalue weighted by Gasteiger charge is 2.21. The zero-order valence-electron chi connectivity index (χ0n) is 17.0. The normalized spacial score (nSPS) is 14.3. The van der Waals surface area contributed by atoms with E-state index >= 15 is 0 Å². The van der Waals surface area contributed by atoms with Gasteiger partial charge in [0.15, 0.2) is 0 Å². The maximum absolute atomic E-state index is 12.5. The van der Waals surface area contributed by atoms with E-state index in [0.717, 1.165) is 47.9 Å². The summed E-state index contributed by atoms with van der Waals surface area (Å²) in [7, 11) is 0. The summed E-state index contributed by atoms with van der Waals surface area (Å²) in [6.45, 7) is 3.85. The Morgan fingerprint density at radius 2 is 1.87 bits per heavy atom. The number of amides is 1. The molecule has 1 aliphatic heterocycles. The number of anilines is 1. The van der Waals surface area contributed by atoms with E-state index < -0.39 is 0 Å². The van der Waals surface area contributed by atoms with Gasteiger partial charge in [-0.15, -0.1) is 11.3 Å². The van der Waals surface area contributed by atoms with Crippen LogP contribution in [0.2, 0.25) is 0 Å². The van der Waals surface area contributed by atoms with Crippen molar-refractivity contribution < 1.29 is 4.79 Å². The molecule has 1 saturated heterocycles. The van der Waals surface area contributed by atoms with Crippen LogP contribution in [0, 0.1) is 18.3 Å². The summed E-state index contributed by atoms with van der Waals surface area (Å²) in [5.41, 5.74) is 4.94. The first kappa shape index (κ1) is 20.1. The first-order valence-electron chi connectivity index (χ1n) is 10.2. The molecule has 0 saturated carbocycles. The van der Waals surface area contributed by atoms with E-state index in [-0.39, 0.29) is 11.9 Å². The van der Waals surface area contributed by atoms with Gasteiger partial charge in [0.25, 0.3) is 0 Å². The van der Waals surface area contributed by atoms with Crippen molar-refractivity contribution >= 4 is 22.9 Å². The molecule has 0 spiro atoms. The van der Waals surface area contributed by atoms with E-state index in [1.165, 1.54) is 5.56 Å². The van der Waals surface area contributed by atoms with Gasteiger partial charge in [0.05, 0.1) is 23.7 Å². The maximum atomic E-state index is 12.5. The maximum Gasteiger partial charge on any atom is 0.226 e. The minimum absolute atomic E-state index is 0.0348. The molecule has 0 bridgehead atoms. The van der Waals surface area contributed by atoms with E-state index in [4.69, 9.17) is 5.26 Å². The largest absolute Gasteiger partial charge is 0.371 e. The molecule has 30 heavy (non-hydrogen) atoms. The lowest BCUT2D eigenvalue weighted by Gasteiger charge is -2.34. The predicted molar refractivity (Wildman–Crippen MR) is 121 cm³/mol. The van der Waals surface area contributed by atoms with Gasteiger partial charge in [0.1, 0.15) is 5.01 Å². The Bertz CT molecular complexity index is 1040. The third-order valence-corrected chi connectivity index (χ3v) is 6.35. The summed E-state index contributed by atoms with van der Waals surface area (Å²) in [4.78, 5) is 19.4. The molecule has 1 fully saturated rings. The summed E-state index contributed by atoms with van der Waals surface area (Å²) in [6, 6.07) is 18.3. The van der Waals surface area contributed by atoms with Crippen LogP contribution in [0.5, 0.6) is 0 Å². The molecule has 1 aliphatic rings. The molecule has 6 heteroatoms. The highest BCUT2D eigenvalue weighted by atomic mass is 32.1. The third-order valence-electron chi connectivity index (χ3n) is 5.41. The van der Waals surface area contributed by atoms with Crippen LogP contribution < -0.4 is 10.2 Å². The number of rotatable bonds is 5. The van der Waals surface area contributed by atoms with Gasteiger partial charge in [0.2, 0.25) is 5.91 Å². The summed E-state index contributed by atoms with van der Waals surface area (Å²) in [5.74, 6) is 0.0348. The second-order valence-electron chi connectivity index (χ2n) is 7.67. The van der Waals surface area contributed by atoms with Crippen LogP contribution in [0.3, 0.4) is 0 Å². The number of thiazole rings is 1. The van der Waals surface area contributed by atoms with Gasteiger partial charge in [-0.3, -0.25) is 4.79 Å². The number of aromatic nitrogens is 1. The fourth-order valence-electron chi connectivity index (χ4n) is 3.69. The average Bonchev–Trinajstić information content (AvgIpc) is 3.23. The lowest BCUT2D eigenvalue weighted by atomic mass is 10.0. The minimum atomic E-state index is 0.0348. The first-order chi connectivity index (χ1) is 14.6. The Hall–Kier alpha value is -3.17. The predicted octanol–water partition coefficient (Wildman–Crippen LogP) is 4.32. The summed E-state index contributed by atoms with van der Waals surface area (Å²) in [6.07, 6.45) is 2.15. The van der Waals surface area contributed by atoms with Crippen LogP contribution in [0.1, 0.15) is 29.7 Å². The molecule has 2 heterocycles. The van der Waals surface area contributed by atoms with E-state index in [1.54, 1.807) is 11.3 Å². The van der Waals surface area contributed by atoms with Crippen LogP contribution in [-0.4, -0.2) is 30.0 Å². The smallest absolute Gasteiger partial charge is 0.226 e. The van der Waals surface area contributed by atoms with Crippen LogP contribution in [0.15, 0.2) is 53.9 Å². The van der Waals surface area contributed by atoms with Gasteiger partial charge >= 0.3 is 0 Å². The fourth-order valence-corrected chi connectivity index (χ4v) is 4.51. The minimum Gasteiger partial charge on any atom is -0.371 e. The molecule has 1 amide bonds. The number of nitriles is 1. The van der Waals surface area contributed by atoms with Gasteiger partial charge in [-0.1, -0.05) is 29.8 Å². The molecule has 152 valence electrons. The Morgan fingerprint density at radius 3 is 2.53 bits per heavy atom. The van der Waals surface area contributed by atoms with Gasteiger partial charge in [-0.05, 0) is 44.0 Å². The molecule has 0 unspecified atom stereocenters. The molecule has 0 atom stereocenters. The number of nitrogens with one attached hydrogen (secondary N) is 1. The molecule has 2 aromatic carbocycles. The number of hydrogen-bond acceptors (Lipinski definition) is 5. The highest BCUT2D eigenvalue weighted by molar-refractivity contribution is 7.13. The number of nitrogens with zero attached hydrogens (tertiary/aromatic N) is 3. The lowest BCUT2D eigenvalue weighted by molar-refractivity contribution is -0.121. The van der Waals surface area contributed by atoms with E-state index in [0.29, 0.717) is 12.0 Å². The molecular formula is C24H24N4OS. The molecular weight excluding hydrogens is 392 g/mol. The van der Waals surface area contributed by atoms with Crippen molar-refractivity contribution in [2.75, 3.05) is 18.0 Å². The van der Waals surface area contributed by atoms with Crippen molar-refractivity contribution in [1.82, 2.24) is 10.3 Å². The zero-order chi connectivity index (χ0) is 20.9. The van der Waals surface area contributed by atoms with Crippen molar-refractivity contribution in [1.29, 1.82) is 5.26 Å². The van der Waals surface area contributed by atoms with E-state index in [1.807, 2.05) is 29.6 Å². The van der Waals surface area contributed by atoms with Crippen molar-refractivity contribution in [3.8, 4) is 16.6 Å².